The van der Waals surface area contributed by atoms with Crippen LogP contribution in [0.5, 0.6) is 0 Å². The third-order valence-electron chi connectivity index (χ3n) is 4.67. The number of amidine groups is 1. The van der Waals surface area contributed by atoms with Crippen LogP contribution in [0.25, 0.3) is 0 Å². The first-order chi connectivity index (χ1) is 9.27. The number of aliphatic imine (C=N–C) groups is 1. The van der Waals surface area contributed by atoms with Gasteiger partial charge in [-0.1, -0.05) is 18.2 Å². The molecule has 3 fully saturated rings. The van der Waals surface area contributed by atoms with Crippen LogP contribution in [0.2, 0.25) is 0 Å². The highest BCUT2D eigenvalue weighted by molar-refractivity contribution is 8.14. The van der Waals surface area contributed by atoms with Gasteiger partial charge in [0, 0.05) is 25.0 Å². The van der Waals surface area contributed by atoms with E-state index in [-0.39, 0.29) is 5.54 Å². The molecule has 3 aliphatic rings. The van der Waals surface area contributed by atoms with E-state index in [4.69, 9.17) is 9.73 Å². The molecule has 108 valence electrons. The molecule has 3 heterocycles. The minimum atomic E-state index is 0.278. The van der Waals surface area contributed by atoms with E-state index in [1.54, 1.807) is 0 Å². The van der Waals surface area contributed by atoms with Crippen molar-refractivity contribution < 1.29 is 4.74 Å². The minimum Gasteiger partial charge on any atom is -0.381 e. The van der Waals surface area contributed by atoms with Crippen LogP contribution in [0, 0.1) is 0 Å². The lowest BCUT2D eigenvalue weighted by Gasteiger charge is -2.33. The monoisotopic (exact) mass is 283 g/mol. The molecule has 0 aromatic carbocycles. The highest BCUT2D eigenvalue weighted by Crippen LogP contribution is 2.31. The summed E-state index contributed by atoms with van der Waals surface area (Å²) in [5.74, 6) is 1.16. The smallest absolute Gasteiger partial charge is 0.157 e. The Bertz CT molecular complexity index is 342. The maximum atomic E-state index is 5.46. The molecule has 1 spiro atoms. The molecule has 1 N–H and O–H groups in total. The summed E-state index contributed by atoms with van der Waals surface area (Å²) >= 11 is 1.90. The molecule has 0 bridgehead atoms. The largest absolute Gasteiger partial charge is 0.381 e. The summed E-state index contributed by atoms with van der Waals surface area (Å²) in [4.78, 5) is 7.30. The van der Waals surface area contributed by atoms with Crippen LogP contribution in [-0.2, 0) is 4.74 Å². The lowest BCUT2D eigenvalue weighted by molar-refractivity contribution is 0.0555. The van der Waals surface area contributed by atoms with Crippen molar-refractivity contribution in [1.29, 1.82) is 0 Å². The van der Waals surface area contributed by atoms with Crippen molar-refractivity contribution in [3.8, 4) is 0 Å². The SMILES string of the molecule is CN1CCCCC1CN=C1NC2(CCOCC2)CS1. The molecule has 3 saturated heterocycles. The number of nitrogens with one attached hydrogen (secondary N) is 1. The summed E-state index contributed by atoms with van der Waals surface area (Å²) in [5, 5.41) is 4.84. The van der Waals surface area contributed by atoms with Crippen LogP contribution >= 0.6 is 11.8 Å². The number of rotatable bonds is 2. The summed E-state index contributed by atoms with van der Waals surface area (Å²) in [5.41, 5.74) is 0.278. The van der Waals surface area contributed by atoms with Gasteiger partial charge in [-0.05, 0) is 39.3 Å². The van der Waals surface area contributed by atoms with Crippen molar-refractivity contribution in [2.45, 2.75) is 43.7 Å². The van der Waals surface area contributed by atoms with Gasteiger partial charge in [0.1, 0.15) is 0 Å². The Morgan fingerprint density at radius 1 is 1.42 bits per heavy atom. The molecule has 0 saturated carbocycles. The average molecular weight is 283 g/mol. The Balaban J connectivity index is 1.53. The molecule has 0 amide bonds. The van der Waals surface area contributed by atoms with E-state index in [2.05, 4.69) is 17.3 Å². The third kappa shape index (κ3) is 3.26. The summed E-state index contributed by atoms with van der Waals surface area (Å²) in [7, 11) is 2.24. The van der Waals surface area contributed by atoms with Crippen molar-refractivity contribution in [3.63, 3.8) is 0 Å². The average Bonchev–Trinajstić information content (AvgIpc) is 2.82. The second-order valence-electron chi connectivity index (χ2n) is 6.08. The highest BCUT2D eigenvalue weighted by Gasteiger charge is 2.38. The summed E-state index contributed by atoms with van der Waals surface area (Å²) < 4.78 is 5.46. The zero-order chi connectivity index (χ0) is 13.1. The number of hydrogen-bond acceptors (Lipinski definition) is 4. The predicted octanol–water partition coefficient (Wildman–Crippen LogP) is 1.71. The molecule has 0 aliphatic carbocycles. The summed E-state index contributed by atoms with van der Waals surface area (Å²) in [6.07, 6.45) is 6.27. The first-order valence-corrected chi connectivity index (χ1v) is 8.49. The fraction of sp³-hybridized carbons (Fsp3) is 0.929. The van der Waals surface area contributed by atoms with Crippen LogP contribution in [0.15, 0.2) is 4.99 Å². The van der Waals surface area contributed by atoms with E-state index < -0.39 is 0 Å². The van der Waals surface area contributed by atoms with Crippen molar-refractivity contribution in [2.75, 3.05) is 39.1 Å². The Hall–Kier alpha value is -0.260. The van der Waals surface area contributed by atoms with Crippen LogP contribution in [0.4, 0.5) is 0 Å². The summed E-state index contributed by atoms with van der Waals surface area (Å²) in [6.45, 7) is 3.98. The highest BCUT2D eigenvalue weighted by atomic mass is 32.2. The van der Waals surface area contributed by atoms with Crippen molar-refractivity contribution in [1.82, 2.24) is 10.2 Å². The molecule has 0 radical (unpaired) electrons. The molecular weight excluding hydrogens is 258 g/mol. The van der Waals surface area contributed by atoms with Gasteiger partial charge in [0.15, 0.2) is 5.17 Å². The van der Waals surface area contributed by atoms with E-state index in [0.717, 1.165) is 38.4 Å². The zero-order valence-corrected chi connectivity index (χ0v) is 12.7. The van der Waals surface area contributed by atoms with Gasteiger partial charge < -0.3 is 15.0 Å². The molecular formula is C14H25N3OS. The number of nitrogens with zero attached hydrogens (tertiary/aromatic N) is 2. The van der Waals surface area contributed by atoms with Crippen molar-refractivity contribution >= 4 is 16.9 Å². The Labute approximate surface area is 120 Å². The normalized spacial score (nSPS) is 33.7. The maximum absolute atomic E-state index is 5.46. The molecule has 3 rings (SSSR count). The number of likely N-dealkylation sites (N-methyl/N-ethyl adjacent to an activating group) is 1. The molecule has 1 unspecified atom stereocenters. The number of likely N-dealkylation sites (tertiary alicyclic amines) is 1. The Morgan fingerprint density at radius 3 is 3.05 bits per heavy atom. The van der Waals surface area contributed by atoms with Gasteiger partial charge in [-0.3, -0.25) is 4.99 Å². The lowest BCUT2D eigenvalue weighted by Crippen LogP contribution is -2.48. The first kappa shape index (κ1) is 13.7. The van der Waals surface area contributed by atoms with Gasteiger partial charge in [0.05, 0.1) is 12.1 Å². The van der Waals surface area contributed by atoms with Crippen LogP contribution in [0.3, 0.4) is 0 Å². The predicted molar refractivity (Wildman–Crippen MR) is 80.9 cm³/mol. The van der Waals surface area contributed by atoms with E-state index in [1.165, 1.54) is 31.0 Å². The van der Waals surface area contributed by atoms with Gasteiger partial charge >= 0.3 is 0 Å². The first-order valence-electron chi connectivity index (χ1n) is 7.51. The molecule has 5 heteroatoms. The van der Waals surface area contributed by atoms with Gasteiger partial charge in [0.2, 0.25) is 0 Å². The molecule has 19 heavy (non-hydrogen) atoms. The van der Waals surface area contributed by atoms with Gasteiger partial charge in [0.25, 0.3) is 0 Å². The van der Waals surface area contributed by atoms with E-state index >= 15 is 0 Å². The second-order valence-corrected chi connectivity index (χ2v) is 7.05. The summed E-state index contributed by atoms with van der Waals surface area (Å²) in [6, 6.07) is 0.648. The fourth-order valence-corrected chi connectivity index (χ4v) is 4.41. The molecule has 3 aliphatic heterocycles. The van der Waals surface area contributed by atoms with Crippen LogP contribution < -0.4 is 5.32 Å². The van der Waals surface area contributed by atoms with Gasteiger partial charge in [-0.2, -0.15) is 0 Å². The maximum Gasteiger partial charge on any atom is 0.157 e. The number of hydrogen-bond donors (Lipinski definition) is 1. The number of ether oxygens (including phenoxy) is 1. The molecule has 0 aromatic rings. The quantitative estimate of drug-likeness (QED) is 0.837. The van der Waals surface area contributed by atoms with Gasteiger partial charge in [-0.15, -0.1) is 0 Å². The number of piperidine rings is 1. The van der Waals surface area contributed by atoms with Crippen molar-refractivity contribution in [2.24, 2.45) is 4.99 Å². The third-order valence-corrected chi connectivity index (χ3v) is 5.88. The van der Waals surface area contributed by atoms with Crippen molar-refractivity contribution in [3.05, 3.63) is 0 Å². The zero-order valence-electron chi connectivity index (χ0n) is 11.9. The van der Waals surface area contributed by atoms with E-state index in [0.29, 0.717) is 6.04 Å². The Morgan fingerprint density at radius 2 is 2.26 bits per heavy atom. The minimum absolute atomic E-state index is 0.278. The topological polar surface area (TPSA) is 36.9 Å². The van der Waals surface area contributed by atoms with E-state index in [1.807, 2.05) is 11.8 Å². The lowest BCUT2D eigenvalue weighted by atomic mass is 9.93. The molecule has 0 aromatic heterocycles. The molecule has 4 nitrogen and oxygen atoms in total. The standard InChI is InChI=1S/C14H25N3OS/c1-17-7-3-2-4-12(17)10-15-13-16-14(11-19-13)5-8-18-9-6-14/h12H,2-11H2,1H3,(H,15,16). The number of thioether (sulfide) groups is 1. The van der Waals surface area contributed by atoms with Crippen LogP contribution in [-0.4, -0.2) is 60.8 Å². The van der Waals surface area contributed by atoms with Gasteiger partial charge in [-0.25, -0.2) is 0 Å². The fourth-order valence-electron chi connectivity index (χ4n) is 3.19. The second kappa shape index (κ2) is 6.02. The molecule has 1 atom stereocenters. The Kier molecular flexibility index (Phi) is 4.34. The van der Waals surface area contributed by atoms with E-state index in [9.17, 15) is 0 Å². The van der Waals surface area contributed by atoms with Crippen LogP contribution in [0.1, 0.15) is 32.1 Å².